The first-order valence-corrected chi connectivity index (χ1v) is 8.07. The quantitative estimate of drug-likeness (QED) is 0.694. The topological polar surface area (TPSA) is 54.0 Å². The van der Waals surface area contributed by atoms with Crippen LogP contribution in [-0.4, -0.2) is 10.9 Å². The number of carbonyl (C=O) groups excluding carboxylic acids is 1. The van der Waals surface area contributed by atoms with Gasteiger partial charge in [0.2, 0.25) is 0 Å². The SMILES string of the molecule is CC(Nc1cc(C(=O)Nc2ccc(F)c(F)c2)ccn1)c1ccccc1. The second kappa shape index (κ2) is 7.74. The van der Waals surface area contributed by atoms with E-state index in [4.69, 9.17) is 0 Å². The van der Waals surface area contributed by atoms with Crippen LogP contribution in [0.1, 0.15) is 28.9 Å². The largest absolute Gasteiger partial charge is 0.364 e. The number of hydrogen-bond acceptors (Lipinski definition) is 3. The normalized spacial score (nSPS) is 11.7. The molecule has 26 heavy (non-hydrogen) atoms. The van der Waals surface area contributed by atoms with Crippen molar-refractivity contribution in [3.05, 3.63) is 89.6 Å². The van der Waals surface area contributed by atoms with Crippen LogP contribution in [0, 0.1) is 11.6 Å². The van der Waals surface area contributed by atoms with E-state index in [0.717, 1.165) is 17.7 Å². The zero-order valence-corrected chi connectivity index (χ0v) is 14.0. The summed E-state index contributed by atoms with van der Waals surface area (Å²) >= 11 is 0. The van der Waals surface area contributed by atoms with Gasteiger partial charge in [-0.1, -0.05) is 30.3 Å². The maximum Gasteiger partial charge on any atom is 0.255 e. The predicted octanol–water partition coefficient (Wildman–Crippen LogP) is 4.79. The molecule has 1 aromatic heterocycles. The van der Waals surface area contributed by atoms with Gasteiger partial charge in [-0.3, -0.25) is 4.79 Å². The number of carbonyl (C=O) groups is 1. The summed E-state index contributed by atoms with van der Waals surface area (Å²) < 4.78 is 26.2. The Morgan fingerprint density at radius 3 is 2.50 bits per heavy atom. The van der Waals surface area contributed by atoms with Crippen molar-refractivity contribution in [2.45, 2.75) is 13.0 Å². The highest BCUT2D eigenvalue weighted by molar-refractivity contribution is 6.04. The monoisotopic (exact) mass is 353 g/mol. The lowest BCUT2D eigenvalue weighted by Crippen LogP contribution is -2.14. The Bertz CT molecular complexity index is 916. The van der Waals surface area contributed by atoms with Gasteiger partial charge >= 0.3 is 0 Å². The van der Waals surface area contributed by atoms with Crippen molar-refractivity contribution in [2.24, 2.45) is 0 Å². The smallest absolute Gasteiger partial charge is 0.255 e. The molecular formula is C20H17F2N3O. The lowest BCUT2D eigenvalue weighted by Gasteiger charge is -2.15. The minimum Gasteiger partial charge on any atom is -0.364 e. The van der Waals surface area contributed by atoms with Gasteiger partial charge in [0, 0.05) is 29.6 Å². The highest BCUT2D eigenvalue weighted by Crippen LogP contribution is 2.19. The van der Waals surface area contributed by atoms with E-state index >= 15 is 0 Å². The zero-order valence-electron chi connectivity index (χ0n) is 14.0. The zero-order chi connectivity index (χ0) is 18.5. The first kappa shape index (κ1) is 17.5. The van der Waals surface area contributed by atoms with Crippen LogP contribution in [0.25, 0.3) is 0 Å². The van der Waals surface area contributed by atoms with Crippen LogP contribution >= 0.6 is 0 Å². The fourth-order valence-electron chi connectivity index (χ4n) is 2.47. The van der Waals surface area contributed by atoms with E-state index in [9.17, 15) is 13.6 Å². The van der Waals surface area contributed by atoms with Gasteiger partial charge in [-0.15, -0.1) is 0 Å². The lowest BCUT2D eigenvalue weighted by atomic mass is 10.1. The Morgan fingerprint density at radius 2 is 1.77 bits per heavy atom. The Balaban J connectivity index is 1.72. The fraction of sp³-hybridized carbons (Fsp3) is 0.100. The molecule has 1 heterocycles. The van der Waals surface area contributed by atoms with Crippen molar-refractivity contribution >= 4 is 17.4 Å². The fourth-order valence-corrected chi connectivity index (χ4v) is 2.47. The van der Waals surface area contributed by atoms with Crippen molar-refractivity contribution in [3.63, 3.8) is 0 Å². The maximum absolute atomic E-state index is 13.3. The van der Waals surface area contributed by atoms with Crippen LogP contribution in [0.4, 0.5) is 20.3 Å². The van der Waals surface area contributed by atoms with Gasteiger partial charge in [-0.05, 0) is 36.8 Å². The molecule has 0 aliphatic heterocycles. The van der Waals surface area contributed by atoms with Crippen molar-refractivity contribution in [2.75, 3.05) is 10.6 Å². The first-order chi connectivity index (χ1) is 12.5. The van der Waals surface area contributed by atoms with Crippen LogP contribution in [0.5, 0.6) is 0 Å². The Morgan fingerprint density at radius 1 is 1.00 bits per heavy atom. The van der Waals surface area contributed by atoms with E-state index in [-0.39, 0.29) is 11.7 Å². The molecule has 1 atom stereocenters. The Labute approximate surface area is 149 Å². The second-order valence-electron chi connectivity index (χ2n) is 5.79. The lowest BCUT2D eigenvalue weighted by molar-refractivity contribution is 0.102. The molecule has 3 rings (SSSR count). The Kier molecular flexibility index (Phi) is 5.22. The van der Waals surface area contributed by atoms with Crippen molar-refractivity contribution in [3.8, 4) is 0 Å². The molecule has 0 spiro atoms. The Hall–Kier alpha value is -3.28. The third-order valence-electron chi connectivity index (χ3n) is 3.86. The highest BCUT2D eigenvalue weighted by Gasteiger charge is 2.11. The number of aromatic nitrogens is 1. The molecule has 0 radical (unpaired) electrons. The molecule has 132 valence electrons. The number of hydrogen-bond donors (Lipinski definition) is 2. The number of pyridine rings is 1. The summed E-state index contributed by atoms with van der Waals surface area (Å²) in [5, 5.41) is 5.77. The molecular weight excluding hydrogens is 336 g/mol. The standard InChI is InChI=1S/C20H17F2N3O/c1-13(14-5-3-2-4-6-14)24-19-11-15(9-10-23-19)20(26)25-16-7-8-17(21)18(22)12-16/h2-13H,1H3,(H,23,24)(H,25,26). The number of amides is 1. The second-order valence-corrected chi connectivity index (χ2v) is 5.79. The number of nitrogens with one attached hydrogen (secondary N) is 2. The molecule has 0 fully saturated rings. The number of rotatable bonds is 5. The molecule has 0 bridgehead atoms. The third kappa shape index (κ3) is 4.22. The minimum absolute atomic E-state index is 0.00760. The molecule has 4 nitrogen and oxygen atoms in total. The van der Waals surface area contributed by atoms with E-state index in [0.29, 0.717) is 11.4 Å². The summed E-state index contributed by atoms with van der Waals surface area (Å²) in [5.74, 6) is -1.88. The van der Waals surface area contributed by atoms with Gasteiger partial charge < -0.3 is 10.6 Å². The molecule has 3 aromatic rings. The predicted molar refractivity (Wildman–Crippen MR) is 97.0 cm³/mol. The van der Waals surface area contributed by atoms with Gasteiger partial charge in [0.05, 0.1) is 0 Å². The summed E-state index contributed by atoms with van der Waals surface area (Å²) in [6, 6.07) is 16.2. The molecule has 6 heteroatoms. The van der Waals surface area contributed by atoms with Crippen molar-refractivity contribution in [1.82, 2.24) is 4.98 Å². The van der Waals surface area contributed by atoms with Crippen LogP contribution in [0.3, 0.4) is 0 Å². The number of halogens is 2. The van der Waals surface area contributed by atoms with Gasteiger partial charge in [-0.2, -0.15) is 0 Å². The van der Waals surface area contributed by atoms with Crippen LogP contribution in [-0.2, 0) is 0 Å². The van der Waals surface area contributed by atoms with E-state index in [1.165, 1.54) is 12.3 Å². The molecule has 2 N–H and O–H groups in total. The van der Waals surface area contributed by atoms with E-state index in [1.54, 1.807) is 12.1 Å². The average Bonchev–Trinajstić information content (AvgIpc) is 2.65. The van der Waals surface area contributed by atoms with Gasteiger partial charge in [0.1, 0.15) is 5.82 Å². The molecule has 1 unspecified atom stereocenters. The molecule has 1 amide bonds. The van der Waals surface area contributed by atoms with Crippen molar-refractivity contribution < 1.29 is 13.6 Å². The third-order valence-corrected chi connectivity index (χ3v) is 3.86. The van der Waals surface area contributed by atoms with E-state index in [2.05, 4.69) is 15.6 Å². The number of nitrogens with zero attached hydrogens (tertiary/aromatic N) is 1. The summed E-state index contributed by atoms with van der Waals surface area (Å²) in [5.41, 5.74) is 1.62. The molecule has 0 saturated carbocycles. The summed E-state index contributed by atoms with van der Waals surface area (Å²) in [6.07, 6.45) is 1.51. The van der Waals surface area contributed by atoms with Gasteiger partial charge in [0.25, 0.3) is 5.91 Å². The molecule has 0 aliphatic rings. The summed E-state index contributed by atoms with van der Waals surface area (Å²) in [7, 11) is 0. The van der Waals surface area contributed by atoms with Gasteiger partial charge in [0.15, 0.2) is 11.6 Å². The van der Waals surface area contributed by atoms with E-state index in [1.807, 2.05) is 37.3 Å². The van der Waals surface area contributed by atoms with Gasteiger partial charge in [-0.25, -0.2) is 13.8 Å². The number of benzene rings is 2. The minimum atomic E-state index is -1.02. The van der Waals surface area contributed by atoms with Crippen LogP contribution < -0.4 is 10.6 Å². The highest BCUT2D eigenvalue weighted by atomic mass is 19.2. The average molecular weight is 353 g/mol. The van der Waals surface area contributed by atoms with Crippen LogP contribution in [0.15, 0.2) is 66.9 Å². The van der Waals surface area contributed by atoms with Crippen molar-refractivity contribution in [1.29, 1.82) is 0 Å². The molecule has 2 aromatic carbocycles. The first-order valence-electron chi connectivity index (χ1n) is 8.07. The molecule has 0 aliphatic carbocycles. The molecule has 0 saturated heterocycles. The van der Waals surface area contributed by atoms with E-state index < -0.39 is 17.5 Å². The van der Waals surface area contributed by atoms with Crippen LogP contribution in [0.2, 0.25) is 0 Å². The number of anilines is 2. The maximum atomic E-state index is 13.3. The summed E-state index contributed by atoms with van der Waals surface area (Å²) in [4.78, 5) is 16.6. The summed E-state index contributed by atoms with van der Waals surface area (Å²) in [6.45, 7) is 1.99.